The largest absolute Gasteiger partial charge is 0.342 e. The second-order valence-corrected chi connectivity index (χ2v) is 5.51. The van der Waals surface area contributed by atoms with E-state index in [-0.39, 0.29) is 11.6 Å². The van der Waals surface area contributed by atoms with E-state index in [9.17, 15) is 14.9 Å². The molecule has 114 valence electrons. The SMILES string of the molecule is CNCC1CCCN(C(=O)Cc2ccc([N+](=O)[O-])cc2)C1. The highest BCUT2D eigenvalue weighted by Gasteiger charge is 2.23. The van der Waals surface area contributed by atoms with Gasteiger partial charge in [0.15, 0.2) is 0 Å². The molecule has 1 saturated heterocycles. The number of carbonyl (C=O) groups is 1. The van der Waals surface area contributed by atoms with Gasteiger partial charge in [-0.2, -0.15) is 0 Å². The fraction of sp³-hybridized carbons (Fsp3) is 0.533. The molecule has 1 N–H and O–H groups in total. The second kappa shape index (κ2) is 7.17. The van der Waals surface area contributed by atoms with E-state index in [0.717, 1.165) is 38.0 Å². The van der Waals surface area contributed by atoms with E-state index in [4.69, 9.17) is 0 Å². The van der Waals surface area contributed by atoms with Gasteiger partial charge in [0.25, 0.3) is 5.69 Å². The Balaban J connectivity index is 1.92. The molecule has 0 radical (unpaired) electrons. The van der Waals surface area contributed by atoms with Gasteiger partial charge in [0.1, 0.15) is 0 Å². The first-order valence-corrected chi connectivity index (χ1v) is 7.26. The van der Waals surface area contributed by atoms with Crippen molar-refractivity contribution in [3.8, 4) is 0 Å². The lowest BCUT2D eigenvalue weighted by Gasteiger charge is -2.32. The number of hydrogen-bond donors (Lipinski definition) is 1. The second-order valence-electron chi connectivity index (χ2n) is 5.51. The van der Waals surface area contributed by atoms with Gasteiger partial charge in [0, 0.05) is 25.2 Å². The molecule has 0 aromatic heterocycles. The van der Waals surface area contributed by atoms with E-state index in [1.165, 1.54) is 12.1 Å². The summed E-state index contributed by atoms with van der Waals surface area (Å²) >= 11 is 0. The van der Waals surface area contributed by atoms with Gasteiger partial charge in [-0.1, -0.05) is 12.1 Å². The summed E-state index contributed by atoms with van der Waals surface area (Å²) < 4.78 is 0. The van der Waals surface area contributed by atoms with Crippen molar-refractivity contribution in [1.82, 2.24) is 10.2 Å². The maximum Gasteiger partial charge on any atom is 0.269 e. The highest BCUT2D eigenvalue weighted by molar-refractivity contribution is 5.79. The molecule has 1 amide bonds. The number of piperidine rings is 1. The molecular weight excluding hydrogens is 270 g/mol. The van der Waals surface area contributed by atoms with Crippen molar-refractivity contribution < 1.29 is 9.72 Å². The lowest BCUT2D eigenvalue weighted by Crippen LogP contribution is -2.43. The van der Waals surface area contributed by atoms with Gasteiger partial charge in [-0.05, 0) is 37.9 Å². The van der Waals surface area contributed by atoms with Gasteiger partial charge in [0.05, 0.1) is 11.3 Å². The van der Waals surface area contributed by atoms with Gasteiger partial charge < -0.3 is 10.2 Å². The summed E-state index contributed by atoms with van der Waals surface area (Å²) in [7, 11) is 1.93. The molecule has 1 aliphatic heterocycles. The molecule has 6 heteroatoms. The van der Waals surface area contributed by atoms with Crippen LogP contribution in [0, 0.1) is 16.0 Å². The summed E-state index contributed by atoms with van der Waals surface area (Å²) in [5.74, 6) is 0.620. The molecule has 1 fully saturated rings. The van der Waals surface area contributed by atoms with E-state index in [1.54, 1.807) is 12.1 Å². The molecule has 6 nitrogen and oxygen atoms in total. The third kappa shape index (κ3) is 4.26. The van der Waals surface area contributed by atoms with Crippen LogP contribution in [0.1, 0.15) is 18.4 Å². The average molecular weight is 291 g/mol. The minimum Gasteiger partial charge on any atom is -0.342 e. The predicted molar refractivity (Wildman–Crippen MR) is 80.0 cm³/mol. The molecule has 0 saturated carbocycles. The summed E-state index contributed by atoms with van der Waals surface area (Å²) in [4.78, 5) is 24.4. The minimum absolute atomic E-state index is 0.0539. The third-order valence-electron chi connectivity index (χ3n) is 3.87. The van der Waals surface area contributed by atoms with Crippen molar-refractivity contribution in [3.05, 3.63) is 39.9 Å². The van der Waals surface area contributed by atoms with Crippen LogP contribution in [-0.2, 0) is 11.2 Å². The van der Waals surface area contributed by atoms with Crippen LogP contribution in [0.15, 0.2) is 24.3 Å². The van der Waals surface area contributed by atoms with Gasteiger partial charge in [-0.25, -0.2) is 0 Å². The summed E-state index contributed by atoms with van der Waals surface area (Å²) in [6.45, 7) is 2.54. The molecule has 0 bridgehead atoms. The number of nitro benzene ring substituents is 1. The van der Waals surface area contributed by atoms with E-state index < -0.39 is 4.92 Å². The Morgan fingerprint density at radius 2 is 2.14 bits per heavy atom. The van der Waals surface area contributed by atoms with Crippen LogP contribution in [-0.4, -0.2) is 42.4 Å². The number of hydrogen-bond acceptors (Lipinski definition) is 4. The molecule has 1 unspecified atom stereocenters. The number of amides is 1. The molecule has 1 aromatic carbocycles. The zero-order valence-electron chi connectivity index (χ0n) is 12.2. The highest BCUT2D eigenvalue weighted by atomic mass is 16.6. The van der Waals surface area contributed by atoms with Crippen LogP contribution < -0.4 is 5.32 Å². The lowest BCUT2D eigenvalue weighted by molar-refractivity contribution is -0.384. The van der Waals surface area contributed by atoms with Crippen LogP contribution >= 0.6 is 0 Å². The number of non-ortho nitro benzene ring substituents is 1. The Bertz CT molecular complexity index is 499. The highest BCUT2D eigenvalue weighted by Crippen LogP contribution is 2.18. The maximum atomic E-state index is 12.3. The first-order valence-electron chi connectivity index (χ1n) is 7.26. The summed E-state index contributed by atoms with van der Waals surface area (Å²) in [5, 5.41) is 13.8. The van der Waals surface area contributed by atoms with Crippen molar-refractivity contribution in [1.29, 1.82) is 0 Å². The number of likely N-dealkylation sites (tertiary alicyclic amines) is 1. The topological polar surface area (TPSA) is 75.5 Å². The molecule has 1 aromatic rings. The number of nitro groups is 1. The molecule has 1 heterocycles. The van der Waals surface area contributed by atoms with Crippen molar-refractivity contribution in [2.45, 2.75) is 19.3 Å². The van der Waals surface area contributed by atoms with Gasteiger partial charge in [-0.15, -0.1) is 0 Å². The quantitative estimate of drug-likeness (QED) is 0.660. The van der Waals surface area contributed by atoms with Gasteiger partial charge in [-0.3, -0.25) is 14.9 Å². The zero-order chi connectivity index (χ0) is 15.2. The van der Waals surface area contributed by atoms with E-state index in [2.05, 4.69) is 5.32 Å². The summed E-state index contributed by atoms with van der Waals surface area (Å²) in [6.07, 6.45) is 2.50. The number of rotatable bonds is 5. The standard InChI is InChI=1S/C15H21N3O3/c1-16-10-13-3-2-8-17(11-13)15(19)9-12-4-6-14(7-5-12)18(20)21/h4-7,13,16H,2-3,8-11H2,1H3. The normalized spacial score (nSPS) is 18.5. The fourth-order valence-electron chi connectivity index (χ4n) is 2.77. The smallest absolute Gasteiger partial charge is 0.269 e. The minimum atomic E-state index is -0.432. The first kappa shape index (κ1) is 15.4. The van der Waals surface area contributed by atoms with Crippen LogP contribution in [0.5, 0.6) is 0 Å². The third-order valence-corrected chi connectivity index (χ3v) is 3.87. The first-order chi connectivity index (χ1) is 10.1. The molecule has 0 aliphatic carbocycles. The Labute approximate surface area is 124 Å². The van der Waals surface area contributed by atoms with Crippen molar-refractivity contribution >= 4 is 11.6 Å². The van der Waals surface area contributed by atoms with Crippen molar-refractivity contribution in [3.63, 3.8) is 0 Å². The Kier molecular flexibility index (Phi) is 5.27. The monoisotopic (exact) mass is 291 g/mol. The molecule has 0 spiro atoms. The predicted octanol–water partition coefficient (Wildman–Crippen LogP) is 1.60. The molecule has 1 aliphatic rings. The Morgan fingerprint density at radius 1 is 1.43 bits per heavy atom. The van der Waals surface area contributed by atoms with Crippen LogP contribution in [0.3, 0.4) is 0 Å². The Hall–Kier alpha value is -1.95. The Morgan fingerprint density at radius 3 is 2.76 bits per heavy atom. The van der Waals surface area contributed by atoms with Crippen molar-refractivity contribution in [2.24, 2.45) is 5.92 Å². The van der Waals surface area contributed by atoms with E-state index >= 15 is 0 Å². The van der Waals surface area contributed by atoms with Crippen molar-refractivity contribution in [2.75, 3.05) is 26.7 Å². The number of nitrogens with one attached hydrogen (secondary N) is 1. The number of benzene rings is 1. The van der Waals surface area contributed by atoms with Gasteiger partial charge >= 0.3 is 0 Å². The molecule has 1 atom stereocenters. The van der Waals surface area contributed by atoms with E-state index in [1.807, 2.05) is 11.9 Å². The van der Waals surface area contributed by atoms with Crippen LogP contribution in [0.25, 0.3) is 0 Å². The number of nitrogens with zero attached hydrogens (tertiary/aromatic N) is 2. The average Bonchev–Trinajstić information content (AvgIpc) is 2.48. The summed E-state index contributed by atoms with van der Waals surface area (Å²) in [5.41, 5.74) is 0.875. The van der Waals surface area contributed by atoms with Crippen LogP contribution in [0.2, 0.25) is 0 Å². The maximum absolute atomic E-state index is 12.3. The van der Waals surface area contributed by atoms with Gasteiger partial charge in [0.2, 0.25) is 5.91 Å². The van der Waals surface area contributed by atoms with E-state index in [0.29, 0.717) is 12.3 Å². The molecular formula is C15H21N3O3. The molecule has 21 heavy (non-hydrogen) atoms. The molecule has 2 rings (SSSR count). The number of carbonyl (C=O) groups excluding carboxylic acids is 1. The van der Waals surface area contributed by atoms with Crippen LogP contribution in [0.4, 0.5) is 5.69 Å². The zero-order valence-corrected chi connectivity index (χ0v) is 12.2. The fourth-order valence-corrected chi connectivity index (χ4v) is 2.77. The lowest BCUT2D eigenvalue weighted by atomic mass is 9.97. The summed E-state index contributed by atoms with van der Waals surface area (Å²) in [6, 6.07) is 6.21.